The van der Waals surface area contributed by atoms with Gasteiger partial charge in [-0.25, -0.2) is 0 Å². The van der Waals surface area contributed by atoms with E-state index in [1.54, 1.807) is 0 Å². The van der Waals surface area contributed by atoms with Gasteiger partial charge < -0.3 is 0 Å². The third-order valence-corrected chi connectivity index (χ3v) is 0.667. The second-order valence-corrected chi connectivity index (χ2v) is 1.70. The van der Waals surface area contributed by atoms with Crippen LogP contribution >= 0.6 is 0 Å². The summed E-state index contributed by atoms with van der Waals surface area (Å²) in [6, 6.07) is 0. The van der Waals surface area contributed by atoms with Crippen LogP contribution in [0.15, 0.2) is 13.2 Å². The lowest BCUT2D eigenvalue weighted by atomic mass is 11.3. The Morgan fingerprint density at radius 2 is 1.38 bits per heavy atom. The minimum absolute atomic E-state index is 3.00. The molecule has 0 radical (unpaired) electrons. The third kappa shape index (κ3) is 2.03. The fourth-order valence-electron chi connectivity index (χ4n) is 0.0731. The summed E-state index contributed by atoms with van der Waals surface area (Å²) in [6.45, 7) is 6.00. The molecule has 1 heterocycles. The van der Waals surface area contributed by atoms with Crippen molar-refractivity contribution >= 4 is 10.4 Å². The van der Waals surface area contributed by atoms with Crippen molar-refractivity contribution in [2.75, 3.05) is 0 Å². The van der Waals surface area contributed by atoms with E-state index in [1.165, 1.54) is 0 Å². The van der Waals surface area contributed by atoms with Gasteiger partial charge in [0.15, 0.2) is 0 Å². The molecule has 0 saturated carbocycles. The summed E-state index contributed by atoms with van der Waals surface area (Å²) in [5, 5.41) is 3.35. The normalized spacial score (nSPS) is 22.0. The Morgan fingerprint density at radius 3 is 1.38 bits per heavy atom. The molecule has 5 nitrogen and oxygen atoms in total. The summed E-state index contributed by atoms with van der Waals surface area (Å²) >= 11 is 0. The second kappa shape index (κ2) is 2.78. The maximum Gasteiger partial charge on any atom is 0.457 e. The van der Waals surface area contributed by atoms with E-state index in [-0.39, 0.29) is 0 Å². The predicted octanol–water partition coefficient (Wildman–Crippen LogP) is -0.0732. The number of rotatable bonds is 0. The molecule has 0 aromatic rings. The molecular formula is C2H4O5S. The second-order valence-electron chi connectivity index (χ2n) is 0.612. The zero-order chi connectivity index (χ0) is 6.62. The summed E-state index contributed by atoms with van der Waals surface area (Å²) in [5.41, 5.74) is 0. The fourth-order valence-corrected chi connectivity index (χ4v) is 0.219. The van der Waals surface area contributed by atoms with E-state index in [9.17, 15) is 8.42 Å². The highest BCUT2D eigenvalue weighted by atomic mass is 32.3. The molecule has 0 aromatic heterocycles. The molecule has 0 amide bonds. The van der Waals surface area contributed by atoms with Gasteiger partial charge in [-0.15, -0.1) is 13.2 Å². The molecule has 0 aliphatic carbocycles. The highest BCUT2D eigenvalue weighted by molar-refractivity contribution is 7.82. The summed E-state index contributed by atoms with van der Waals surface area (Å²) in [7, 11) is -3.70. The smallest absolute Gasteiger partial charge is 0.164 e. The van der Waals surface area contributed by atoms with Crippen LogP contribution in [0.4, 0.5) is 0 Å². The molecule has 0 unspecified atom stereocenters. The maximum atomic E-state index is 9.52. The van der Waals surface area contributed by atoms with E-state index in [2.05, 4.69) is 26.9 Å². The first-order valence-corrected chi connectivity index (χ1v) is 2.83. The standard InChI is InChI=1S/C2H4.O5S/c1-2;1-6(2)4-3-5-6/h1-2H2;. The van der Waals surface area contributed by atoms with Crippen molar-refractivity contribution in [1.82, 2.24) is 0 Å². The summed E-state index contributed by atoms with van der Waals surface area (Å²) in [6.07, 6.45) is 0. The number of hydrogen-bond acceptors (Lipinski definition) is 5. The zero-order valence-corrected chi connectivity index (χ0v) is 4.68. The lowest BCUT2D eigenvalue weighted by Gasteiger charge is -2.05. The van der Waals surface area contributed by atoms with Gasteiger partial charge >= 0.3 is 10.4 Å². The van der Waals surface area contributed by atoms with Crippen LogP contribution in [0.1, 0.15) is 0 Å². The Labute approximate surface area is 46.7 Å². The van der Waals surface area contributed by atoms with Crippen molar-refractivity contribution in [3.8, 4) is 0 Å². The first kappa shape index (κ1) is 7.57. The summed E-state index contributed by atoms with van der Waals surface area (Å²) in [4.78, 5) is 0. The van der Waals surface area contributed by atoms with Crippen molar-refractivity contribution in [1.29, 1.82) is 0 Å². The third-order valence-electron chi connectivity index (χ3n) is 0.222. The van der Waals surface area contributed by atoms with Crippen LogP contribution in [0, 0.1) is 0 Å². The van der Waals surface area contributed by atoms with Crippen molar-refractivity contribution in [2.24, 2.45) is 0 Å². The lowest BCUT2D eigenvalue weighted by Crippen LogP contribution is -2.20. The van der Waals surface area contributed by atoms with Crippen LogP contribution in [-0.4, -0.2) is 8.42 Å². The molecule has 1 aliphatic rings. The quantitative estimate of drug-likeness (QED) is 0.348. The van der Waals surface area contributed by atoms with Crippen molar-refractivity contribution in [3.63, 3.8) is 0 Å². The van der Waals surface area contributed by atoms with Gasteiger partial charge in [-0.1, -0.05) is 0 Å². The summed E-state index contributed by atoms with van der Waals surface area (Å²) < 4.78 is 25.8. The highest BCUT2D eigenvalue weighted by Crippen LogP contribution is 2.07. The minimum atomic E-state index is -3.70. The monoisotopic (exact) mass is 140 g/mol. The van der Waals surface area contributed by atoms with E-state index in [1.807, 2.05) is 0 Å². The lowest BCUT2D eigenvalue weighted by molar-refractivity contribution is -0.477. The molecular weight excluding hydrogens is 136 g/mol. The molecule has 0 aromatic carbocycles. The van der Waals surface area contributed by atoms with Gasteiger partial charge in [0.25, 0.3) is 0 Å². The topological polar surface area (TPSA) is 61.8 Å². The average Bonchev–Trinajstić information content (AvgIpc) is 1.69. The molecule has 0 spiro atoms. The molecule has 1 saturated heterocycles. The van der Waals surface area contributed by atoms with Gasteiger partial charge in [-0.3, -0.25) is 0 Å². The molecule has 0 bridgehead atoms. The zero-order valence-electron chi connectivity index (χ0n) is 3.86. The van der Waals surface area contributed by atoms with Gasteiger partial charge in [-0.2, -0.15) is 8.42 Å². The van der Waals surface area contributed by atoms with Gasteiger partial charge in [0.2, 0.25) is 0 Å². The Hall–Kier alpha value is -0.430. The van der Waals surface area contributed by atoms with Gasteiger partial charge in [0, 0.05) is 0 Å². The molecule has 6 heteroatoms. The molecule has 8 heavy (non-hydrogen) atoms. The molecule has 0 atom stereocenters. The van der Waals surface area contributed by atoms with Crippen LogP contribution < -0.4 is 0 Å². The Morgan fingerprint density at radius 1 is 1.12 bits per heavy atom. The molecule has 48 valence electrons. The average molecular weight is 140 g/mol. The highest BCUT2D eigenvalue weighted by Gasteiger charge is 2.26. The van der Waals surface area contributed by atoms with E-state index < -0.39 is 10.4 Å². The van der Waals surface area contributed by atoms with Crippen LogP contribution in [0.25, 0.3) is 0 Å². The van der Waals surface area contributed by atoms with Crippen molar-refractivity contribution in [2.45, 2.75) is 0 Å². The van der Waals surface area contributed by atoms with Crippen molar-refractivity contribution in [3.05, 3.63) is 13.2 Å². The first-order chi connectivity index (χ1) is 3.71. The van der Waals surface area contributed by atoms with Gasteiger partial charge in [0.1, 0.15) is 0 Å². The van der Waals surface area contributed by atoms with Crippen LogP contribution in [0.2, 0.25) is 0 Å². The molecule has 1 rings (SSSR count). The largest absolute Gasteiger partial charge is 0.457 e. The van der Waals surface area contributed by atoms with E-state index >= 15 is 0 Å². The van der Waals surface area contributed by atoms with Crippen LogP contribution in [-0.2, 0) is 24.1 Å². The number of hydrogen-bond donors (Lipinski definition) is 0. The molecule has 1 fully saturated rings. The van der Waals surface area contributed by atoms with E-state index in [0.29, 0.717) is 0 Å². The maximum absolute atomic E-state index is 9.52. The Kier molecular flexibility index (Phi) is 2.63. The first-order valence-electron chi connectivity index (χ1n) is 1.50. The van der Waals surface area contributed by atoms with E-state index in [4.69, 9.17) is 0 Å². The summed E-state index contributed by atoms with van der Waals surface area (Å²) in [5.74, 6) is 0. The SMILES string of the molecule is C=C.O=S1(=O)OOO1. The predicted molar refractivity (Wildman–Crippen MR) is 23.4 cm³/mol. The van der Waals surface area contributed by atoms with E-state index in [0.717, 1.165) is 0 Å². The Balaban J connectivity index is 0.000000222. The molecule has 1 aliphatic heterocycles. The minimum Gasteiger partial charge on any atom is -0.164 e. The molecule has 0 N–H and O–H groups in total. The Bertz CT molecular complexity index is 136. The fraction of sp³-hybridized carbons (Fsp3) is 0. The van der Waals surface area contributed by atoms with Crippen LogP contribution in [0.5, 0.6) is 0 Å². The van der Waals surface area contributed by atoms with Gasteiger partial charge in [0.05, 0.1) is 0 Å². The van der Waals surface area contributed by atoms with Crippen molar-refractivity contribution < 1.29 is 22.1 Å². The van der Waals surface area contributed by atoms with Crippen LogP contribution in [0.3, 0.4) is 0 Å². The van der Waals surface area contributed by atoms with Gasteiger partial charge in [-0.05, 0) is 13.7 Å².